The Bertz CT molecular complexity index is 989. The molecule has 4 rings (SSSR count). The van der Waals surface area contributed by atoms with Crippen molar-refractivity contribution >= 4 is 0 Å². The van der Waals surface area contributed by atoms with E-state index in [2.05, 4.69) is 45.1 Å². The van der Waals surface area contributed by atoms with E-state index in [1.807, 2.05) is 36.4 Å². The van der Waals surface area contributed by atoms with Gasteiger partial charge < -0.3 is 4.42 Å². The first-order chi connectivity index (χ1) is 14.2. The van der Waals surface area contributed by atoms with Crippen molar-refractivity contribution < 1.29 is 4.42 Å². The molecule has 29 heavy (non-hydrogen) atoms. The van der Waals surface area contributed by atoms with Gasteiger partial charge in [-0.05, 0) is 56.3 Å². The number of hydrogen-bond donors (Lipinski definition) is 0. The van der Waals surface area contributed by atoms with Crippen molar-refractivity contribution in [2.45, 2.75) is 26.4 Å². The topological polar surface area (TPSA) is 69.2 Å². The maximum atomic E-state index is 8.93. The number of benzene rings is 2. The van der Waals surface area contributed by atoms with Crippen LogP contribution in [0.2, 0.25) is 0 Å². The van der Waals surface area contributed by atoms with Crippen LogP contribution < -0.4 is 0 Å². The summed E-state index contributed by atoms with van der Waals surface area (Å²) in [5.41, 5.74) is 4.10. The molecule has 0 spiro atoms. The SMILES string of the molecule is Cc1cccc(-c2nnc(CN3CCCN(Cc4ccc(C#N)cc4)CC3)o2)c1. The molecule has 1 aliphatic heterocycles. The van der Waals surface area contributed by atoms with Gasteiger partial charge >= 0.3 is 0 Å². The fourth-order valence-corrected chi connectivity index (χ4v) is 3.69. The van der Waals surface area contributed by atoms with Gasteiger partial charge in [0.1, 0.15) is 0 Å². The van der Waals surface area contributed by atoms with Gasteiger partial charge in [-0.2, -0.15) is 5.26 Å². The Balaban J connectivity index is 1.32. The Morgan fingerprint density at radius 1 is 0.966 bits per heavy atom. The Labute approximate surface area is 171 Å². The van der Waals surface area contributed by atoms with E-state index in [9.17, 15) is 0 Å². The molecule has 6 heteroatoms. The molecule has 0 N–H and O–H groups in total. The van der Waals surface area contributed by atoms with Gasteiger partial charge in [-0.25, -0.2) is 0 Å². The first-order valence-corrected chi connectivity index (χ1v) is 10.0. The summed E-state index contributed by atoms with van der Waals surface area (Å²) < 4.78 is 5.91. The van der Waals surface area contributed by atoms with Crippen molar-refractivity contribution in [3.05, 3.63) is 71.1 Å². The smallest absolute Gasteiger partial charge is 0.247 e. The summed E-state index contributed by atoms with van der Waals surface area (Å²) in [5.74, 6) is 1.25. The molecule has 1 aliphatic rings. The third kappa shape index (κ3) is 5.08. The van der Waals surface area contributed by atoms with E-state index >= 15 is 0 Å². The van der Waals surface area contributed by atoms with Crippen LogP contribution in [0.5, 0.6) is 0 Å². The fourth-order valence-electron chi connectivity index (χ4n) is 3.69. The van der Waals surface area contributed by atoms with E-state index in [0.29, 0.717) is 23.9 Å². The number of aromatic nitrogens is 2. The van der Waals surface area contributed by atoms with Gasteiger partial charge in [0.05, 0.1) is 18.2 Å². The summed E-state index contributed by atoms with van der Waals surface area (Å²) in [6.45, 7) is 7.71. The Hall–Kier alpha value is -3.01. The van der Waals surface area contributed by atoms with E-state index in [0.717, 1.165) is 44.7 Å². The van der Waals surface area contributed by atoms with Gasteiger partial charge in [-0.1, -0.05) is 29.8 Å². The molecule has 6 nitrogen and oxygen atoms in total. The van der Waals surface area contributed by atoms with E-state index < -0.39 is 0 Å². The van der Waals surface area contributed by atoms with Crippen LogP contribution in [0, 0.1) is 18.3 Å². The zero-order valence-electron chi connectivity index (χ0n) is 16.7. The van der Waals surface area contributed by atoms with Gasteiger partial charge in [0, 0.05) is 25.2 Å². The molecule has 1 fully saturated rings. The lowest BCUT2D eigenvalue weighted by Crippen LogP contribution is -2.30. The zero-order valence-corrected chi connectivity index (χ0v) is 16.7. The van der Waals surface area contributed by atoms with Crippen LogP contribution in [0.25, 0.3) is 11.5 Å². The fraction of sp³-hybridized carbons (Fsp3) is 0.348. The van der Waals surface area contributed by atoms with Crippen molar-refractivity contribution in [1.29, 1.82) is 5.26 Å². The van der Waals surface area contributed by atoms with Crippen LogP contribution in [0.3, 0.4) is 0 Å². The summed E-state index contributed by atoms with van der Waals surface area (Å²) >= 11 is 0. The molecule has 0 aliphatic carbocycles. The lowest BCUT2D eigenvalue weighted by atomic mass is 10.1. The normalized spacial score (nSPS) is 15.7. The highest BCUT2D eigenvalue weighted by Crippen LogP contribution is 2.20. The highest BCUT2D eigenvalue weighted by molar-refractivity contribution is 5.53. The number of nitrogens with zero attached hydrogens (tertiary/aromatic N) is 5. The molecule has 2 aromatic carbocycles. The molecule has 0 bridgehead atoms. The number of nitriles is 1. The summed E-state index contributed by atoms with van der Waals surface area (Å²) in [4.78, 5) is 4.85. The van der Waals surface area contributed by atoms with Crippen LogP contribution in [0.4, 0.5) is 0 Å². The van der Waals surface area contributed by atoms with E-state index in [1.54, 1.807) is 0 Å². The second-order valence-corrected chi connectivity index (χ2v) is 7.59. The van der Waals surface area contributed by atoms with Crippen LogP contribution in [-0.2, 0) is 13.1 Å². The molecule has 0 saturated carbocycles. The predicted molar refractivity (Wildman–Crippen MR) is 111 cm³/mol. The van der Waals surface area contributed by atoms with Crippen molar-refractivity contribution in [2.75, 3.05) is 26.2 Å². The first kappa shape index (κ1) is 19.3. The van der Waals surface area contributed by atoms with Crippen molar-refractivity contribution in [2.24, 2.45) is 0 Å². The lowest BCUT2D eigenvalue weighted by molar-refractivity contribution is 0.232. The van der Waals surface area contributed by atoms with Gasteiger partial charge in [0.25, 0.3) is 0 Å². The first-order valence-electron chi connectivity index (χ1n) is 10.0. The Morgan fingerprint density at radius 3 is 2.45 bits per heavy atom. The quantitative estimate of drug-likeness (QED) is 0.666. The molecule has 1 saturated heterocycles. The highest BCUT2D eigenvalue weighted by atomic mass is 16.4. The molecule has 3 aromatic rings. The van der Waals surface area contributed by atoms with Gasteiger partial charge in [0.15, 0.2) is 0 Å². The molecule has 2 heterocycles. The van der Waals surface area contributed by atoms with Gasteiger partial charge in [-0.3, -0.25) is 9.80 Å². The molecule has 148 valence electrons. The average molecular weight is 387 g/mol. The predicted octanol–water partition coefficient (Wildman–Crippen LogP) is 3.62. The Kier molecular flexibility index (Phi) is 5.99. The summed E-state index contributed by atoms with van der Waals surface area (Å²) in [5, 5.41) is 17.4. The van der Waals surface area contributed by atoms with E-state index in [1.165, 1.54) is 11.1 Å². The van der Waals surface area contributed by atoms with Crippen LogP contribution in [-0.4, -0.2) is 46.2 Å². The van der Waals surface area contributed by atoms with Crippen LogP contribution in [0.1, 0.15) is 29.0 Å². The summed E-state index contributed by atoms with van der Waals surface area (Å²) in [6, 6.07) is 18.2. The summed E-state index contributed by atoms with van der Waals surface area (Å²) in [6.07, 6.45) is 1.11. The number of rotatable bonds is 5. The largest absolute Gasteiger partial charge is 0.419 e. The van der Waals surface area contributed by atoms with E-state index in [-0.39, 0.29) is 0 Å². The second-order valence-electron chi connectivity index (χ2n) is 7.59. The van der Waals surface area contributed by atoms with Crippen LogP contribution >= 0.6 is 0 Å². The minimum absolute atomic E-state index is 0.584. The lowest BCUT2D eigenvalue weighted by Gasteiger charge is -2.21. The van der Waals surface area contributed by atoms with Crippen molar-refractivity contribution in [3.8, 4) is 17.5 Å². The molecule has 0 amide bonds. The second kappa shape index (κ2) is 8.99. The summed E-state index contributed by atoms with van der Waals surface area (Å²) in [7, 11) is 0. The molecular weight excluding hydrogens is 362 g/mol. The van der Waals surface area contributed by atoms with E-state index in [4.69, 9.17) is 9.68 Å². The molecular formula is C23H25N5O. The minimum Gasteiger partial charge on any atom is -0.419 e. The molecule has 0 unspecified atom stereocenters. The number of aryl methyl sites for hydroxylation is 1. The maximum absolute atomic E-state index is 8.93. The Morgan fingerprint density at radius 2 is 1.72 bits per heavy atom. The monoisotopic (exact) mass is 387 g/mol. The van der Waals surface area contributed by atoms with Crippen LogP contribution in [0.15, 0.2) is 52.9 Å². The van der Waals surface area contributed by atoms with Crippen molar-refractivity contribution in [3.63, 3.8) is 0 Å². The maximum Gasteiger partial charge on any atom is 0.247 e. The van der Waals surface area contributed by atoms with Gasteiger partial charge in [-0.15, -0.1) is 10.2 Å². The molecule has 0 atom stereocenters. The number of hydrogen-bond acceptors (Lipinski definition) is 6. The minimum atomic E-state index is 0.584. The average Bonchev–Trinajstić information content (AvgIpc) is 3.09. The highest BCUT2D eigenvalue weighted by Gasteiger charge is 2.18. The van der Waals surface area contributed by atoms with Gasteiger partial charge in [0.2, 0.25) is 11.8 Å². The zero-order chi connectivity index (χ0) is 20.1. The standard InChI is InChI=1S/C23H25N5O/c1-18-4-2-5-21(14-18)23-26-25-22(29-23)17-28-11-3-10-27(12-13-28)16-20-8-6-19(15-24)7-9-20/h2,4-9,14H,3,10-13,16-17H2,1H3. The molecule has 1 aromatic heterocycles. The van der Waals surface area contributed by atoms with Crippen molar-refractivity contribution in [1.82, 2.24) is 20.0 Å². The third-order valence-corrected chi connectivity index (χ3v) is 5.26. The molecule has 0 radical (unpaired) electrons. The third-order valence-electron chi connectivity index (χ3n) is 5.26.